The van der Waals surface area contributed by atoms with Gasteiger partial charge >= 0.3 is 6.18 Å². The standard InChI is InChI=1S/C30H32F5N7O3/c1-16-12-42(13-17(2)40(16)3)22-9-21(39-29(44)19-11-36-24(43)8-20(19)30(33,34)35)27(31)26(28(22)32)18-6-5-7-41(14-18)23-10-25(45-4)38-15-37-23/h6,8-11,15-17H,5,7,12-14H2,1-4H3,(H,36,43)(H,39,44)/t16-,17+. The number of amides is 1. The number of anilines is 3. The van der Waals surface area contributed by atoms with Crippen LogP contribution in [0, 0.1) is 11.6 Å². The minimum absolute atomic E-state index is 0.00672. The third-order valence-electron chi connectivity index (χ3n) is 8.24. The third-order valence-corrected chi connectivity index (χ3v) is 8.24. The number of carbonyl (C=O) groups is 1. The summed E-state index contributed by atoms with van der Waals surface area (Å²) in [5.41, 5.74) is -4.13. The van der Waals surface area contributed by atoms with Crippen molar-refractivity contribution in [1.29, 1.82) is 0 Å². The van der Waals surface area contributed by atoms with Gasteiger partial charge in [0.25, 0.3) is 5.91 Å². The number of alkyl halides is 3. The summed E-state index contributed by atoms with van der Waals surface area (Å²) in [6.07, 6.45) is -1.02. The van der Waals surface area contributed by atoms with E-state index in [2.05, 4.69) is 25.2 Å². The SMILES string of the molecule is COc1cc(N2CCC=C(c3c(F)c(NC(=O)c4c[nH]c(=O)cc4C(F)(F)F)cc(N4C[C@@H](C)N(C)[C@@H](C)C4)c3F)C2)ncn1. The monoisotopic (exact) mass is 633 g/mol. The minimum Gasteiger partial charge on any atom is -0.481 e. The molecule has 15 heteroatoms. The Labute approximate surface area is 255 Å². The summed E-state index contributed by atoms with van der Waals surface area (Å²) in [4.78, 5) is 40.8. The Hall–Kier alpha value is -4.53. The summed E-state index contributed by atoms with van der Waals surface area (Å²) in [5.74, 6) is -2.56. The first-order valence-corrected chi connectivity index (χ1v) is 14.2. The molecule has 2 N–H and O–H groups in total. The number of pyridine rings is 1. The number of hydrogen-bond acceptors (Lipinski definition) is 8. The molecule has 2 atom stereocenters. The molecule has 1 amide bonds. The molecule has 3 aromatic rings. The Morgan fingerprint density at radius 2 is 1.78 bits per heavy atom. The number of aromatic nitrogens is 3. The third kappa shape index (κ3) is 6.48. The molecular formula is C30H32F5N7O3. The van der Waals surface area contributed by atoms with Crippen LogP contribution in [-0.2, 0) is 6.18 Å². The second kappa shape index (κ2) is 12.5. The van der Waals surface area contributed by atoms with Crippen molar-refractivity contribution in [1.82, 2.24) is 19.9 Å². The van der Waals surface area contributed by atoms with Crippen molar-refractivity contribution in [3.8, 4) is 5.88 Å². The van der Waals surface area contributed by atoms with E-state index in [0.717, 1.165) is 6.07 Å². The first-order chi connectivity index (χ1) is 21.3. The van der Waals surface area contributed by atoms with Gasteiger partial charge < -0.3 is 24.8 Å². The predicted molar refractivity (Wildman–Crippen MR) is 159 cm³/mol. The van der Waals surface area contributed by atoms with E-state index in [0.29, 0.717) is 43.9 Å². The molecule has 0 aliphatic carbocycles. The molecular weight excluding hydrogens is 601 g/mol. The molecule has 0 bridgehead atoms. The highest BCUT2D eigenvalue weighted by Gasteiger charge is 2.37. The number of methoxy groups -OCH3 is 1. The maximum Gasteiger partial charge on any atom is 0.417 e. The summed E-state index contributed by atoms with van der Waals surface area (Å²) < 4.78 is 79.1. The number of carbonyl (C=O) groups excluding carboxylic acids is 1. The number of ether oxygens (including phenoxy) is 1. The summed E-state index contributed by atoms with van der Waals surface area (Å²) in [6, 6.07) is 2.93. The van der Waals surface area contributed by atoms with Crippen LogP contribution in [0.1, 0.15) is 41.8 Å². The van der Waals surface area contributed by atoms with Crippen LogP contribution in [0.5, 0.6) is 5.88 Å². The van der Waals surface area contributed by atoms with Crippen LogP contribution in [0.15, 0.2) is 41.6 Å². The van der Waals surface area contributed by atoms with Gasteiger partial charge in [-0.2, -0.15) is 13.2 Å². The lowest BCUT2D eigenvalue weighted by Gasteiger charge is -2.44. The van der Waals surface area contributed by atoms with E-state index < -0.39 is 51.7 Å². The number of halogens is 5. The normalized spacial score (nSPS) is 19.4. The highest BCUT2D eigenvalue weighted by Crippen LogP contribution is 2.39. The first-order valence-electron chi connectivity index (χ1n) is 14.2. The zero-order valence-corrected chi connectivity index (χ0v) is 25.0. The van der Waals surface area contributed by atoms with Crippen molar-refractivity contribution in [3.63, 3.8) is 0 Å². The second-order valence-corrected chi connectivity index (χ2v) is 11.1. The molecule has 1 aromatic carbocycles. The van der Waals surface area contributed by atoms with Gasteiger partial charge in [0.05, 0.1) is 35.2 Å². The average Bonchev–Trinajstić information content (AvgIpc) is 3.00. The van der Waals surface area contributed by atoms with Crippen LogP contribution < -0.4 is 25.4 Å². The van der Waals surface area contributed by atoms with Gasteiger partial charge in [-0.25, -0.2) is 18.7 Å². The van der Waals surface area contributed by atoms with Gasteiger partial charge in [0.1, 0.15) is 12.1 Å². The summed E-state index contributed by atoms with van der Waals surface area (Å²) in [5, 5.41) is 2.22. The molecule has 2 aliphatic heterocycles. The Kier molecular flexibility index (Phi) is 8.83. The predicted octanol–water partition coefficient (Wildman–Crippen LogP) is 4.55. The lowest BCUT2D eigenvalue weighted by Crippen LogP contribution is -2.55. The van der Waals surface area contributed by atoms with Gasteiger partial charge in [-0.05, 0) is 39.0 Å². The number of nitrogens with zero attached hydrogens (tertiary/aromatic N) is 5. The topological polar surface area (TPSA) is 107 Å². The molecule has 240 valence electrons. The molecule has 2 aliphatic rings. The van der Waals surface area contributed by atoms with E-state index >= 15 is 8.78 Å². The quantitative estimate of drug-likeness (QED) is 0.381. The fraction of sp³-hybridized carbons (Fsp3) is 0.400. The molecule has 1 saturated heterocycles. The Bertz CT molecular complexity index is 1680. The van der Waals surface area contributed by atoms with E-state index in [4.69, 9.17) is 4.74 Å². The lowest BCUT2D eigenvalue weighted by atomic mass is 9.97. The number of likely N-dealkylation sites (N-methyl/N-ethyl adjacent to an activating group) is 1. The molecule has 4 heterocycles. The van der Waals surface area contributed by atoms with E-state index in [1.807, 2.05) is 20.9 Å². The fourth-order valence-electron chi connectivity index (χ4n) is 5.65. The van der Waals surface area contributed by atoms with Crippen LogP contribution in [0.4, 0.5) is 39.1 Å². The lowest BCUT2D eigenvalue weighted by molar-refractivity contribution is -0.138. The zero-order chi connectivity index (χ0) is 32.6. The molecule has 0 spiro atoms. The highest BCUT2D eigenvalue weighted by molar-refractivity contribution is 6.06. The van der Waals surface area contributed by atoms with E-state index in [1.54, 1.807) is 21.9 Å². The molecule has 0 radical (unpaired) electrons. The Morgan fingerprint density at radius 1 is 1.07 bits per heavy atom. The van der Waals surface area contributed by atoms with Crippen LogP contribution in [0.2, 0.25) is 0 Å². The molecule has 45 heavy (non-hydrogen) atoms. The molecule has 0 saturated carbocycles. The first kappa shape index (κ1) is 31.9. The van der Waals surface area contributed by atoms with Crippen LogP contribution in [0.3, 0.4) is 0 Å². The minimum atomic E-state index is -5.04. The summed E-state index contributed by atoms with van der Waals surface area (Å²) >= 11 is 0. The molecule has 0 unspecified atom stereocenters. The Morgan fingerprint density at radius 3 is 2.44 bits per heavy atom. The number of rotatable bonds is 6. The van der Waals surface area contributed by atoms with Crippen molar-refractivity contribution < 1.29 is 31.5 Å². The maximum atomic E-state index is 16.5. The maximum absolute atomic E-state index is 16.5. The van der Waals surface area contributed by atoms with Crippen LogP contribution in [-0.4, -0.2) is 78.2 Å². The smallest absolute Gasteiger partial charge is 0.417 e. The van der Waals surface area contributed by atoms with Gasteiger partial charge in [0, 0.05) is 56.6 Å². The van der Waals surface area contributed by atoms with Crippen molar-refractivity contribution in [2.24, 2.45) is 0 Å². The van der Waals surface area contributed by atoms with Gasteiger partial charge in [0.2, 0.25) is 11.4 Å². The van der Waals surface area contributed by atoms with Gasteiger partial charge in [-0.1, -0.05) is 6.08 Å². The number of H-pyrrole nitrogens is 1. The fourth-order valence-corrected chi connectivity index (χ4v) is 5.65. The van der Waals surface area contributed by atoms with Crippen LogP contribution in [0.25, 0.3) is 5.57 Å². The number of nitrogens with one attached hydrogen (secondary N) is 2. The van der Waals surface area contributed by atoms with E-state index in [9.17, 15) is 22.8 Å². The molecule has 2 aromatic heterocycles. The van der Waals surface area contributed by atoms with E-state index in [-0.39, 0.29) is 36.0 Å². The van der Waals surface area contributed by atoms with Crippen molar-refractivity contribution >= 4 is 28.7 Å². The van der Waals surface area contributed by atoms with Crippen molar-refractivity contribution in [3.05, 3.63) is 75.5 Å². The summed E-state index contributed by atoms with van der Waals surface area (Å²) in [6.45, 7) is 5.19. The zero-order valence-electron chi connectivity index (χ0n) is 25.0. The largest absolute Gasteiger partial charge is 0.481 e. The average molecular weight is 634 g/mol. The van der Waals surface area contributed by atoms with Gasteiger partial charge in [0.15, 0.2) is 11.6 Å². The van der Waals surface area contributed by atoms with Crippen LogP contribution >= 0.6 is 0 Å². The van der Waals surface area contributed by atoms with Gasteiger partial charge in [-0.3, -0.25) is 14.5 Å². The van der Waals surface area contributed by atoms with Gasteiger partial charge in [-0.15, -0.1) is 0 Å². The Balaban J connectivity index is 1.59. The van der Waals surface area contributed by atoms with E-state index in [1.165, 1.54) is 13.4 Å². The number of aromatic amines is 1. The number of piperazine rings is 1. The number of benzene rings is 1. The second-order valence-electron chi connectivity index (χ2n) is 11.1. The summed E-state index contributed by atoms with van der Waals surface area (Å²) in [7, 11) is 3.39. The number of hydrogen-bond donors (Lipinski definition) is 2. The molecule has 1 fully saturated rings. The molecule has 5 rings (SSSR count). The highest BCUT2D eigenvalue weighted by atomic mass is 19.4. The molecule has 10 nitrogen and oxygen atoms in total. The van der Waals surface area contributed by atoms with Crippen molar-refractivity contribution in [2.45, 2.75) is 38.5 Å². The van der Waals surface area contributed by atoms with Crippen molar-refractivity contribution in [2.75, 3.05) is 55.5 Å².